The fraction of sp³-hybridized carbons (Fsp3) is 0.600. The first kappa shape index (κ1) is 13.2. The van der Waals surface area contributed by atoms with Crippen LogP contribution in [0, 0.1) is 0 Å². The number of ether oxygens (including phenoxy) is 2. The van der Waals surface area contributed by atoms with Crippen LogP contribution in [0.1, 0.15) is 44.2 Å². The number of fused-ring (bicyclic) bond motifs is 1. The van der Waals surface area contributed by atoms with Gasteiger partial charge in [0.15, 0.2) is 11.5 Å². The first-order valence-electron chi connectivity index (χ1n) is 6.90. The molecule has 1 heterocycles. The Morgan fingerprint density at radius 3 is 3.06 bits per heavy atom. The molecule has 0 amide bonds. The molecule has 0 radical (unpaired) electrons. The summed E-state index contributed by atoms with van der Waals surface area (Å²) >= 11 is 0. The molecule has 1 aromatic rings. The number of hydrogen-bond donors (Lipinski definition) is 1. The summed E-state index contributed by atoms with van der Waals surface area (Å²) in [5.74, 6) is 1.76. The Balaban J connectivity index is 2.03. The van der Waals surface area contributed by atoms with E-state index in [1.165, 1.54) is 24.8 Å². The van der Waals surface area contributed by atoms with E-state index in [-0.39, 0.29) is 0 Å². The van der Waals surface area contributed by atoms with Crippen LogP contribution in [-0.4, -0.2) is 20.3 Å². The van der Waals surface area contributed by atoms with E-state index in [4.69, 9.17) is 9.47 Å². The van der Waals surface area contributed by atoms with E-state index in [2.05, 4.69) is 18.3 Å². The van der Waals surface area contributed by atoms with Crippen molar-refractivity contribution in [3.63, 3.8) is 0 Å². The zero-order chi connectivity index (χ0) is 12.8. The number of methoxy groups -OCH3 is 1. The van der Waals surface area contributed by atoms with Crippen molar-refractivity contribution >= 4 is 0 Å². The Bertz CT molecular complexity index is 379. The number of rotatable bonds is 6. The summed E-state index contributed by atoms with van der Waals surface area (Å²) < 4.78 is 11.1. The summed E-state index contributed by atoms with van der Waals surface area (Å²) in [6.45, 7) is 4.07. The first-order valence-corrected chi connectivity index (χ1v) is 6.90. The molecule has 1 atom stereocenters. The van der Waals surface area contributed by atoms with Crippen LogP contribution in [0.4, 0.5) is 0 Å². The van der Waals surface area contributed by atoms with Crippen molar-refractivity contribution in [1.29, 1.82) is 0 Å². The second-order valence-electron chi connectivity index (χ2n) is 4.73. The minimum atomic E-state index is 0.403. The summed E-state index contributed by atoms with van der Waals surface area (Å²) in [6, 6.07) is 6.53. The van der Waals surface area contributed by atoms with Crippen LogP contribution >= 0.6 is 0 Å². The van der Waals surface area contributed by atoms with E-state index >= 15 is 0 Å². The average molecular weight is 249 g/mol. The lowest BCUT2D eigenvalue weighted by atomic mass is 10.00. The molecule has 1 aromatic carbocycles. The Hall–Kier alpha value is -1.22. The van der Waals surface area contributed by atoms with Gasteiger partial charge in [0, 0.05) is 18.0 Å². The molecule has 18 heavy (non-hydrogen) atoms. The van der Waals surface area contributed by atoms with Crippen LogP contribution in [-0.2, 0) is 0 Å². The minimum Gasteiger partial charge on any atom is -0.493 e. The molecule has 1 aliphatic rings. The van der Waals surface area contributed by atoms with Gasteiger partial charge in [0.25, 0.3) is 0 Å². The minimum absolute atomic E-state index is 0.403. The maximum atomic E-state index is 5.74. The Labute approximate surface area is 109 Å². The zero-order valence-corrected chi connectivity index (χ0v) is 11.4. The SMILES string of the molecule is CCCCCNC1CCOc2c(OC)cccc21. The van der Waals surface area contributed by atoms with Gasteiger partial charge in [-0.25, -0.2) is 0 Å². The summed E-state index contributed by atoms with van der Waals surface area (Å²) in [4.78, 5) is 0. The van der Waals surface area contributed by atoms with Crippen LogP contribution in [0.5, 0.6) is 11.5 Å². The van der Waals surface area contributed by atoms with Crippen molar-refractivity contribution in [3.05, 3.63) is 23.8 Å². The van der Waals surface area contributed by atoms with E-state index < -0.39 is 0 Å². The predicted molar refractivity (Wildman–Crippen MR) is 73.4 cm³/mol. The van der Waals surface area contributed by atoms with Crippen molar-refractivity contribution in [2.45, 2.75) is 38.6 Å². The van der Waals surface area contributed by atoms with Crippen LogP contribution in [0.15, 0.2) is 18.2 Å². The van der Waals surface area contributed by atoms with E-state index in [1.54, 1.807) is 7.11 Å². The molecule has 1 aliphatic heterocycles. The molecule has 2 rings (SSSR count). The van der Waals surface area contributed by atoms with Gasteiger partial charge in [-0.2, -0.15) is 0 Å². The molecular formula is C15H23NO2. The molecule has 1 unspecified atom stereocenters. The third kappa shape index (κ3) is 2.96. The molecule has 0 saturated heterocycles. The van der Waals surface area contributed by atoms with Gasteiger partial charge in [-0.05, 0) is 19.0 Å². The number of unbranched alkanes of at least 4 members (excludes halogenated alkanes) is 2. The maximum absolute atomic E-state index is 5.74. The van der Waals surface area contributed by atoms with Crippen LogP contribution in [0.3, 0.4) is 0 Å². The lowest BCUT2D eigenvalue weighted by Crippen LogP contribution is -2.28. The largest absolute Gasteiger partial charge is 0.493 e. The molecule has 0 saturated carbocycles. The monoisotopic (exact) mass is 249 g/mol. The van der Waals surface area contributed by atoms with E-state index in [0.29, 0.717) is 6.04 Å². The topological polar surface area (TPSA) is 30.5 Å². The van der Waals surface area contributed by atoms with Gasteiger partial charge in [-0.3, -0.25) is 0 Å². The van der Waals surface area contributed by atoms with Crippen LogP contribution in [0.2, 0.25) is 0 Å². The number of nitrogens with one attached hydrogen (secondary N) is 1. The average Bonchev–Trinajstić information content (AvgIpc) is 2.43. The summed E-state index contributed by atoms with van der Waals surface area (Å²) in [5, 5.41) is 3.63. The molecule has 3 nitrogen and oxygen atoms in total. The number of benzene rings is 1. The van der Waals surface area contributed by atoms with Crippen molar-refractivity contribution < 1.29 is 9.47 Å². The Morgan fingerprint density at radius 1 is 1.39 bits per heavy atom. The summed E-state index contributed by atoms with van der Waals surface area (Å²) in [5.41, 5.74) is 1.23. The highest BCUT2D eigenvalue weighted by Gasteiger charge is 2.23. The van der Waals surface area contributed by atoms with Gasteiger partial charge in [-0.15, -0.1) is 0 Å². The molecule has 100 valence electrons. The van der Waals surface area contributed by atoms with Gasteiger partial charge in [0.05, 0.1) is 13.7 Å². The molecule has 0 aromatic heterocycles. The molecule has 0 bridgehead atoms. The van der Waals surface area contributed by atoms with Crippen LogP contribution in [0.25, 0.3) is 0 Å². The highest BCUT2D eigenvalue weighted by atomic mass is 16.5. The van der Waals surface area contributed by atoms with Crippen molar-refractivity contribution in [2.24, 2.45) is 0 Å². The third-order valence-electron chi connectivity index (χ3n) is 3.43. The highest BCUT2D eigenvalue weighted by Crippen LogP contribution is 2.39. The second kappa shape index (κ2) is 6.64. The molecule has 0 spiro atoms. The Kier molecular flexibility index (Phi) is 4.88. The zero-order valence-electron chi connectivity index (χ0n) is 11.4. The number of para-hydroxylation sites is 1. The van der Waals surface area contributed by atoms with E-state index in [1.807, 2.05) is 12.1 Å². The quantitative estimate of drug-likeness (QED) is 0.785. The molecular weight excluding hydrogens is 226 g/mol. The van der Waals surface area contributed by atoms with Gasteiger partial charge in [0.2, 0.25) is 0 Å². The second-order valence-corrected chi connectivity index (χ2v) is 4.73. The van der Waals surface area contributed by atoms with Gasteiger partial charge in [0.1, 0.15) is 0 Å². The van der Waals surface area contributed by atoms with Crippen molar-refractivity contribution in [1.82, 2.24) is 5.32 Å². The number of hydrogen-bond acceptors (Lipinski definition) is 3. The lowest BCUT2D eigenvalue weighted by molar-refractivity contribution is 0.239. The molecule has 0 fully saturated rings. The normalized spacial score (nSPS) is 18.0. The van der Waals surface area contributed by atoms with Crippen molar-refractivity contribution in [3.8, 4) is 11.5 Å². The molecule has 1 N–H and O–H groups in total. The Morgan fingerprint density at radius 2 is 2.28 bits per heavy atom. The van der Waals surface area contributed by atoms with E-state index in [9.17, 15) is 0 Å². The smallest absolute Gasteiger partial charge is 0.165 e. The van der Waals surface area contributed by atoms with Crippen molar-refractivity contribution in [2.75, 3.05) is 20.3 Å². The third-order valence-corrected chi connectivity index (χ3v) is 3.43. The standard InChI is InChI=1S/C15H23NO2/c1-3-4-5-10-16-13-9-11-18-15-12(13)7-6-8-14(15)17-2/h6-8,13,16H,3-5,9-11H2,1-2H3. The summed E-state index contributed by atoms with van der Waals surface area (Å²) in [7, 11) is 1.69. The molecule has 3 heteroatoms. The molecule has 0 aliphatic carbocycles. The summed E-state index contributed by atoms with van der Waals surface area (Å²) in [6.07, 6.45) is 4.83. The highest BCUT2D eigenvalue weighted by molar-refractivity contribution is 5.49. The lowest BCUT2D eigenvalue weighted by Gasteiger charge is -2.28. The van der Waals surface area contributed by atoms with E-state index in [0.717, 1.165) is 31.1 Å². The van der Waals surface area contributed by atoms with Gasteiger partial charge in [-0.1, -0.05) is 31.9 Å². The fourth-order valence-corrected chi connectivity index (χ4v) is 2.42. The van der Waals surface area contributed by atoms with Crippen LogP contribution < -0.4 is 14.8 Å². The first-order chi connectivity index (χ1) is 8.86. The predicted octanol–water partition coefficient (Wildman–Crippen LogP) is 3.30. The van der Waals surface area contributed by atoms with Gasteiger partial charge < -0.3 is 14.8 Å². The van der Waals surface area contributed by atoms with Gasteiger partial charge >= 0.3 is 0 Å². The maximum Gasteiger partial charge on any atom is 0.165 e. The fourth-order valence-electron chi connectivity index (χ4n) is 2.42.